The molecule has 0 bridgehead atoms. The predicted molar refractivity (Wildman–Crippen MR) is 96.8 cm³/mol. The summed E-state index contributed by atoms with van der Waals surface area (Å²) in [6.45, 7) is 5.32. The van der Waals surface area contributed by atoms with Crippen molar-refractivity contribution in [2.24, 2.45) is 0 Å². The second-order valence-corrected chi connectivity index (χ2v) is 5.77. The first-order valence-electron chi connectivity index (χ1n) is 7.95. The van der Waals surface area contributed by atoms with Gasteiger partial charge < -0.3 is 10.6 Å². The Kier molecular flexibility index (Phi) is 6.09. The molecular weight excluding hydrogens is 302 g/mol. The molecule has 126 valence electrons. The first-order valence-corrected chi connectivity index (χ1v) is 7.95. The molecule has 5 heteroatoms. The smallest absolute Gasteiger partial charge is 0.241 e. The summed E-state index contributed by atoms with van der Waals surface area (Å²) in [5, 5.41) is 8.84. The largest absolute Gasteiger partial charge is 0.326 e. The van der Waals surface area contributed by atoms with Crippen molar-refractivity contribution in [3.8, 4) is 0 Å². The lowest BCUT2D eigenvalue weighted by atomic mass is 10.1. The Bertz CT molecular complexity index is 684. The van der Waals surface area contributed by atoms with Gasteiger partial charge in [0.25, 0.3) is 0 Å². The van der Waals surface area contributed by atoms with Crippen molar-refractivity contribution < 1.29 is 9.59 Å². The third-order valence-corrected chi connectivity index (χ3v) is 3.67. The van der Waals surface area contributed by atoms with Crippen molar-refractivity contribution in [2.45, 2.75) is 32.9 Å². The number of carbonyl (C=O) groups excluding carboxylic acids is 2. The summed E-state index contributed by atoms with van der Waals surface area (Å²) < 4.78 is 0. The van der Waals surface area contributed by atoms with Crippen LogP contribution in [-0.2, 0) is 9.59 Å². The fourth-order valence-corrected chi connectivity index (χ4v) is 2.38. The summed E-state index contributed by atoms with van der Waals surface area (Å²) >= 11 is 0. The fraction of sp³-hybridized carbons (Fsp3) is 0.263. The van der Waals surface area contributed by atoms with Gasteiger partial charge in [0.1, 0.15) is 0 Å². The van der Waals surface area contributed by atoms with E-state index in [0.717, 1.165) is 5.56 Å². The van der Waals surface area contributed by atoms with Crippen molar-refractivity contribution in [2.75, 3.05) is 10.6 Å². The van der Waals surface area contributed by atoms with E-state index in [-0.39, 0.29) is 23.9 Å². The number of rotatable bonds is 6. The van der Waals surface area contributed by atoms with Gasteiger partial charge in [0.05, 0.1) is 6.04 Å². The van der Waals surface area contributed by atoms with Crippen molar-refractivity contribution in [3.05, 3.63) is 60.2 Å². The Morgan fingerprint density at radius 3 is 1.92 bits per heavy atom. The molecule has 0 saturated heterocycles. The molecule has 2 aromatic carbocycles. The first kappa shape index (κ1) is 17.7. The summed E-state index contributed by atoms with van der Waals surface area (Å²) in [4.78, 5) is 23.3. The maximum Gasteiger partial charge on any atom is 0.241 e. The van der Waals surface area contributed by atoms with Crippen LogP contribution < -0.4 is 16.0 Å². The second kappa shape index (κ2) is 8.26. The second-order valence-electron chi connectivity index (χ2n) is 5.77. The topological polar surface area (TPSA) is 70.2 Å². The maximum absolute atomic E-state index is 12.3. The van der Waals surface area contributed by atoms with E-state index in [2.05, 4.69) is 16.0 Å². The predicted octanol–water partition coefficient (Wildman–Crippen LogP) is 3.32. The first-order chi connectivity index (χ1) is 11.5. The zero-order valence-electron chi connectivity index (χ0n) is 14.2. The highest BCUT2D eigenvalue weighted by Gasteiger charge is 2.16. The van der Waals surface area contributed by atoms with Crippen molar-refractivity contribution in [1.82, 2.24) is 5.32 Å². The number of anilines is 2. The third kappa shape index (κ3) is 5.21. The minimum atomic E-state index is -0.338. The quantitative estimate of drug-likeness (QED) is 0.763. The third-order valence-electron chi connectivity index (χ3n) is 3.67. The minimum absolute atomic E-state index is 0.0779. The maximum atomic E-state index is 12.3. The molecule has 0 aliphatic carbocycles. The lowest BCUT2D eigenvalue weighted by Gasteiger charge is -2.20. The van der Waals surface area contributed by atoms with E-state index in [1.165, 1.54) is 6.92 Å². The molecule has 0 aliphatic heterocycles. The van der Waals surface area contributed by atoms with Crippen LogP contribution in [0, 0.1) is 0 Å². The van der Waals surface area contributed by atoms with Crippen LogP contribution in [0.25, 0.3) is 0 Å². The summed E-state index contributed by atoms with van der Waals surface area (Å²) in [7, 11) is 0. The van der Waals surface area contributed by atoms with Gasteiger partial charge in [0.2, 0.25) is 11.8 Å². The number of benzene rings is 2. The summed E-state index contributed by atoms with van der Waals surface area (Å²) in [6.07, 6.45) is 0. The molecule has 0 unspecified atom stereocenters. The monoisotopic (exact) mass is 325 g/mol. The molecule has 2 amide bonds. The van der Waals surface area contributed by atoms with Crippen LogP contribution in [0.4, 0.5) is 11.4 Å². The van der Waals surface area contributed by atoms with E-state index >= 15 is 0 Å². The minimum Gasteiger partial charge on any atom is -0.326 e. The molecule has 0 aromatic heterocycles. The van der Waals surface area contributed by atoms with Gasteiger partial charge >= 0.3 is 0 Å². The Labute approximate surface area is 142 Å². The van der Waals surface area contributed by atoms with Crippen molar-refractivity contribution in [3.63, 3.8) is 0 Å². The van der Waals surface area contributed by atoms with Gasteiger partial charge in [-0.05, 0) is 43.7 Å². The van der Waals surface area contributed by atoms with Gasteiger partial charge in [0, 0.05) is 24.3 Å². The highest BCUT2D eigenvalue weighted by molar-refractivity contribution is 5.95. The number of hydrogen-bond donors (Lipinski definition) is 3. The molecule has 0 spiro atoms. The van der Waals surface area contributed by atoms with Crippen LogP contribution in [0.5, 0.6) is 0 Å². The molecule has 5 nitrogen and oxygen atoms in total. The van der Waals surface area contributed by atoms with E-state index in [1.54, 1.807) is 24.3 Å². The lowest BCUT2D eigenvalue weighted by molar-refractivity contribution is -0.118. The van der Waals surface area contributed by atoms with E-state index in [0.29, 0.717) is 11.4 Å². The molecule has 24 heavy (non-hydrogen) atoms. The van der Waals surface area contributed by atoms with Gasteiger partial charge in [-0.15, -0.1) is 0 Å². The highest BCUT2D eigenvalue weighted by atomic mass is 16.2. The van der Waals surface area contributed by atoms with E-state index in [1.807, 2.05) is 44.2 Å². The van der Waals surface area contributed by atoms with Crippen molar-refractivity contribution >= 4 is 23.2 Å². The molecule has 0 heterocycles. The van der Waals surface area contributed by atoms with Crippen LogP contribution in [0.3, 0.4) is 0 Å². The van der Waals surface area contributed by atoms with Gasteiger partial charge in [-0.1, -0.05) is 30.3 Å². The highest BCUT2D eigenvalue weighted by Crippen LogP contribution is 2.15. The molecule has 0 saturated carbocycles. The van der Waals surface area contributed by atoms with Crippen LogP contribution >= 0.6 is 0 Å². The summed E-state index contributed by atoms with van der Waals surface area (Å²) in [5.74, 6) is -0.232. The van der Waals surface area contributed by atoms with Crippen LogP contribution in [0.1, 0.15) is 32.4 Å². The zero-order valence-corrected chi connectivity index (χ0v) is 14.2. The molecule has 0 fully saturated rings. The molecule has 3 N–H and O–H groups in total. The number of carbonyl (C=O) groups is 2. The summed E-state index contributed by atoms with van der Waals surface area (Å²) in [5.41, 5.74) is 2.52. The average Bonchev–Trinajstić information content (AvgIpc) is 2.56. The molecule has 2 aromatic rings. The Hall–Kier alpha value is -2.66. The number of amides is 2. The Balaban J connectivity index is 1.90. The van der Waals surface area contributed by atoms with E-state index in [9.17, 15) is 9.59 Å². The Morgan fingerprint density at radius 1 is 0.833 bits per heavy atom. The van der Waals surface area contributed by atoms with Gasteiger partial charge in [-0.25, -0.2) is 0 Å². The Morgan fingerprint density at radius 2 is 1.38 bits per heavy atom. The number of nitrogens with one attached hydrogen (secondary N) is 3. The van der Waals surface area contributed by atoms with E-state index < -0.39 is 0 Å². The number of hydrogen-bond acceptors (Lipinski definition) is 3. The molecule has 2 rings (SSSR count). The van der Waals surface area contributed by atoms with E-state index in [4.69, 9.17) is 0 Å². The fourth-order valence-electron chi connectivity index (χ4n) is 2.38. The van der Waals surface area contributed by atoms with Gasteiger partial charge in [-0.2, -0.15) is 0 Å². The standard InChI is InChI=1S/C19H23N3O2/c1-13(16-7-5-4-6-8-16)20-14(2)19(24)22-18-11-9-17(10-12-18)21-15(3)23/h4-14,20H,1-3H3,(H,21,23)(H,22,24)/t13-,14-/m1/s1. The van der Waals surface area contributed by atoms with Gasteiger partial charge in [-0.3, -0.25) is 14.9 Å². The molecule has 0 aliphatic rings. The zero-order chi connectivity index (χ0) is 17.5. The SMILES string of the molecule is CC(=O)Nc1ccc(NC(=O)[C@@H](C)N[C@H](C)c2ccccc2)cc1. The molecule has 0 radical (unpaired) electrons. The normalized spacial score (nSPS) is 13.0. The lowest BCUT2D eigenvalue weighted by Crippen LogP contribution is -2.39. The average molecular weight is 325 g/mol. The van der Waals surface area contributed by atoms with Crippen LogP contribution in [0.2, 0.25) is 0 Å². The van der Waals surface area contributed by atoms with Crippen LogP contribution in [-0.4, -0.2) is 17.9 Å². The van der Waals surface area contributed by atoms with Crippen molar-refractivity contribution in [1.29, 1.82) is 0 Å². The molecule has 2 atom stereocenters. The van der Waals surface area contributed by atoms with Crippen LogP contribution in [0.15, 0.2) is 54.6 Å². The summed E-state index contributed by atoms with van der Waals surface area (Å²) in [6, 6.07) is 16.8. The van der Waals surface area contributed by atoms with Gasteiger partial charge in [0.15, 0.2) is 0 Å². The molecular formula is C19H23N3O2.